The van der Waals surface area contributed by atoms with Crippen molar-refractivity contribution < 1.29 is 22.7 Å². The normalized spacial score (nSPS) is 11.1. The summed E-state index contributed by atoms with van der Waals surface area (Å²) in [6, 6.07) is 2.38. The summed E-state index contributed by atoms with van der Waals surface area (Å²) in [5.74, 6) is -0.405. The number of amides is 1. The Morgan fingerprint density at radius 2 is 1.93 bits per heavy atom. The fourth-order valence-corrected chi connectivity index (χ4v) is 0.907. The maximum absolute atomic E-state index is 12.2. The van der Waals surface area contributed by atoms with Gasteiger partial charge in [0.2, 0.25) is 0 Å². The zero-order chi connectivity index (χ0) is 11.6. The van der Waals surface area contributed by atoms with Gasteiger partial charge in [-0.05, 0) is 18.2 Å². The van der Waals surface area contributed by atoms with Crippen LogP contribution in [0.5, 0.6) is 5.75 Å². The fraction of sp³-hybridized carbons (Fsp3) is 0.125. The summed E-state index contributed by atoms with van der Waals surface area (Å²) in [6.07, 6.45) is -5.75. The average Bonchev–Trinajstić information content (AvgIpc) is 2.06. The Morgan fingerprint density at radius 3 is 2.40 bits per heavy atom. The highest BCUT2D eigenvalue weighted by atomic mass is 19.4. The molecule has 0 aliphatic heterocycles. The Hall–Kier alpha value is -1.92. The molecule has 0 aliphatic rings. The van der Waals surface area contributed by atoms with E-state index in [9.17, 15) is 18.0 Å². The van der Waals surface area contributed by atoms with Crippen LogP contribution in [0, 0.1) is 0 Å². The quantitative estimate of drug-likeness (QED) is 0.707. The average molecular weight is 220 g/mol. The van der Waals surface area contributed by atoms with Crippen molar-refractivity contribution in [1.29, 1.82) is 0 Å². The number of carbonyl (C=O) groups is 1. The van der Waals surface area contributed by atoms with Crippen LogP contribution in [0.2, 0.25) is 0 Å². The summed E-state index contributed by atoms with van der Waals surface area (Å²) < 4.78 is 41.0. The lowest BCUT2D eigenvalue weighted by atomic mass is 10.2. The maximum Gasteiger partial charge on any atom is 0.416 e. The number of halogens is 3. The molecule has 0 unspecified atom stereocenters. The van der Waals surface area contributed by atoms with Crippen LogP contribution in [0.3, 0.4) is 0 Å². The molecule has 15 heavy (non-hydrogen) atoms. The van der Waals surface area contributed by atoms with Crippen LogP contribution < -0.4 is 16.2 Å². The minimum absolute atomic E-state index is 0.0956. The van der Waals surface area contributed by atoms with E-state index in [-0.39, 0.29) is 5.69 Å². The number of hydrogen-bond donors (Lipinski definition) is 2. The third-order valence-electron chi connectivity index (χ3n) is 1.55. The Labute approximate surface area is 82.6 Å². The number of alkyl halides is 3. The minimum atomic E-state index is -4.52. The molecule has 0 aliphatic carbocycles. The number of hydrogen-bond acceptors (Lipinski definition) is 3. The predicted molar refractivity (Wildman–Crippen MR) is 46.1 cm³/mol. The van der Waals surface area contributed by atoms with Gasteiger partial charge in [-0.3, -0.25) is 0 Å². The topological polar surface area (TPSA) is 78.3 Å². The molecule has 0 aromatic heterocycles. The molecule has 1 rings (SSSR count). The summed E-state index contributed by atoms with van der Waals surface area (Å²) in [5, 5.41) is 0. The van der Waals surface area contributed by atoms with Crippen molar-refractivity contribution in [3.63, 3.8) is 0 Å². The van der Waals surface area contributed by atoms with Gasteiger partial charge >= 0.3 is 12.3 Å². The van der Waals surface area contributed by atoms with Gasteiger partial charge in [0, 0.05) is 0 Å². The van der Waals surface area contributed by atoms with E-state index < -0.39 is 23.6 Å². The third kappa shape index (κ3) is 2.76. The number of carbonyl (C=O) groups excluding carboxylic acids is 1. The van der Waals surface area contributed by atoms with Crippen LogP contribution in [0.25, 0.3) is 0 Å². The van der Waals surface area contributed by atoms with Crippen molar-refractivity contribution in [2.24, 2.45) is 5.73 Å². The second-order valence-corrected chi connectivity index (χ2v) is 2.67. The second kappa shape index (κ2) is 3.68. The summed E-state index contributed by atoms with van der Waals surface area (Å²) in [7, 11) is 0. The molecule has 0 saturated carbocycles. The number of nitrogen functional groups attached to an aromatic ring is 1. The van der Waals surface area contributed by atoms with Crippen LogP contribution in [0.15, 0.2) is 18.2 Å². The number of rotatable bonds is 1. The monoisotopic (exact) mass is 220 g/mol. The smallest absolute Gasteiger partial charge is 0.408 e. The van der Waals surface area contributed by atoms with E-state index in [1.165, 1.54) is 0 Å². The van der Waals surface area contributed by atoms with Crippen molar-refractivity contribution in [1.82, 2.24) is 0 Å². The Balaban J connectivity index is 3.11. The SMILES string of the molecule is NC(=O)Oc1cc(C(F)(F)F)ccc1N. The van der Waals surface area contributed by atoms with Gasteiger partial charge in [0.15, 0.2) is 5.75 Å². The van der Waals surface area contributed by atoms with E-state index >= 15 is 0 Å². The van der Waals surface area contributed by atoms with Gasteiger partial charge in [0.1, 0.15) is 0 Å². The molecule has 4 N–H and O–H groups in total. The molecule has 4 nitrogen and oxygen atoms in total. The first-order valence-corrected chi connectivity index (χ1v) is 3.74. The van der Waals surface area contributed by atoms with Crippen molar-refractivity contribution in [3.05, 3.63) is 23.8 Å². The maximum atomic E-state index is 12.2. The van der Waals surface area contributed by atoms with Crippen molar-refractivity contribution in [3.8, 4) is 5.75 Å². The molecule has 0 spiro atoms. The fourth-order valence-electron chi connectivity index (χ4n) is 0.907. The summed E-state index contributed by atoms with van der Waals surface area (Å²) in [4.78, 5) is 10.3. The molecule has 82 valence electrons. The number of primary amides is 1. The molecule has 0 heterocycles. The number of ether oxygens (including phenoxy) is 1. The number of anilines is 1. The molecular weight excluding hydrogens is 213 g/mol. The lowest BCUT2D eigenvalue weighted by Crippen LogP contribution is -2.17. The predicted octanol–water partition coefficient (Wildman–Crippen LogP) is 1.75. The van der Waals surface area contributed by atoms with Crippen LogP contribution in [-0.4, -0.2) is 6.09 Å². The molecule has 0 bridgehead atoms. The summed E-state index contributed by atoms with van der Waals surface area (Å²) in [5.41, 5.74) is 8.88. The van der Waals surface area contributed by atoms with Gasteiger partial charge in [-0.2, -0.15) is 13.2 Å². The molecule has 0 saturated heterocycles. The van der Waals surface area contributed by atoms with Gasteiger partial charge in [-0.25, -0.2) is 4.79 Å². The molecule has 1 amide bonds. The van der Waals surface area contributed by atoms with E-state index in [1.54, 1.807) is 0 Å². The van der Waals surface area contributed by atoms with E-state index in [1.807, 2.05) is 0 Å². The van der Waals surface area contributed by atoms with E-state index in [0.29, 0.717) is 6.07 Å². The van der Waals surface area contributed by atoms with Gasteiger partial charge < -0.3 is 16.2 Å². The van der Waals surface area contributed by atoms with Crippen LogP contribution in [0.1, 0.15) is 5.56 Å². The van der Waals surface area contributed by atoms with Gasteiger partial charge in [-0.15, -0.1) is 0 Å². The summed E-state index contributed by atoms with van der Waals surface area (Å²) in [6.45, 7) is 0. The van der Waals surface area contributed by atoms with Gasteiger partial charge in [-0.1, -0.05) is 0 Å². The van der Waals surface area contributed by atoms with Crippen LogP contribution >= 0.6 is 0 Å². The first-order valence-electron chi connectivity index (χ1n) is 3.74. The highest BCUT2D eigenvalue weighted by Gasteiger charge is 2.31. The largest absolute Gasteiger partial charge is 0.416 e. The lowest BCUT2D eigenvalue weighted by Gasteiger charge is -2.10. The molecule has 1 aromatic rings. The van der Waals surface area contributed by atoms with Crippen LogP contribution in [0.4, 0.5) is 23.7 Å². The van der Waals surface area contributed by atoms with E-state index in [2.05, 4.69) is 10.5 Å². The van der Waals surface area contributed by atoms with E-state index in [0.717, 1.165) is 12.1 Å². The Bertz CT molecular complexity index is 390. The third-order valence-corrected chi connectivity index (χ3v) is 1.55. The Morgan fingerprint density at radius 1 is 1.33 bits per heavy atom. The summed E-state index contributed by atoms with van der Waals surface area (Å²) >= 11 is 0. The zero-order valence-electron chi connectivity index (χ0n) is 7.34. The molecule has 0 atom stereocenters. The highest BCUT2D eigenvalue weighted by Crippen LogP contribution is 2.33. The van der Waals surface area contributed by atoms with Crippen molar-refractivity contribution >= 4 is 11.8 Å². The molecular formula is C8H7F3N2O2. The molecule has 0 radical (unpaired) electrons. The van der Waals surface area contributed by atoms with Gasteiger partial charge in [0.25, 0.3) is 0 Å². The minimum Gasteiger partial charge on any atom is -0.408 e. The first-order chi connectivity index (χ1) is 6.80. The van der Waals surface area contributed by atoms with Crippen LogP contribution in [-0.2, 0) is 6.18 Å². The molecule has 0 fully saturated rings. The first kappa shape index (κ1) is 11.2. The second-order valence-electron chi connectivity index (χ2n) is 2.67. The van der Waals surface area contributed by atoms with E-state index in [4.69, 9.17) is 5.73 Å². The zero-order valence-corrected chi connectivity index (χ0v) is 7.34. The number of nitrogens with two attached hydrogens (primary N) is 2. The molecule has 7 heteroatoms. The highest BCUT2D eigenvalue weighted by molar-refractivity contribution is 5.71. The van der Waals surface area contributed by atoms with Crippen molar-refractivity contribution in [2.75, 3.05) is 5.73 Å². The number of benzene rings is 1. The van der Waals surface area contributed by atoms with Gasteiger partial charge in [0.05, 0.1) is 11.3 Å². The standard InChI is InChI=1S/C8H7F3N2O2/c9-8(10,11)4-1-2-5(12)6(3-4)15-7(13)14/h1-3H,12H2,(H2,13,14). The lowest BCUT2D eigenvalue weighted by molar-refractivity contribution is -0.137. The Kier molecular flexibility index (Phi) is 2.74. The van der Waals surface area contributed by atoms with Crippen molar-refractivity contribution in [2.45, 2.75) is 6.18 Å². The molecule has 1 aromatic carbocycles.